The molecule has 0 atom stereocenters. The number of carbonyl (C=O) groups is 1. The molecular formula is C16H18ClNO3S. The van der Waals surface area contributed by atoms with Crippen molar-refractivity contribution < 1.29 is 13.2 Å². The van der Waals surface area contributed by atoms with Crippen molar-refractivity contribution in [2.45, 2.75) is 44.9 Å². The molecule has 4 nitrogen and oxygen atoms in total. The van der Waals surface area contributed by atoms with Gasteiger partial charge < -0.3 is 4.98 Å². The zero-order chi connectivity index (χ0) is 16.3. The molecule has 6 heteroatoms. The maximum Gasteiger partial charge on any atom is 0.261 e. The second-order valence-corrected chi connectivity index (χ2v) is 9.25. The molecule has 0 unspecified atom stereocenters. The summed E-state index contributed by atoms with van der Waals surface area (Å²) >= 11 is 0. The molecule has 1 heterocycles. The second-order valence-electron chi connectivity index (χ2n) is 6.72. The summed E-state index contributed by atoms with van der Waals surface area (Å²) in [6, 6.07) is 3.34. The third kappa shape index (κ3) is 2.46. The summed E-state index contributed by atoms with van der Waals surface area (Å²) in [7, 11) is 1.73. The van der Waals surface area contributed by atoms with E-state index in [4.69, 9.17) is 10.7 Å². The molecular weight excluding hydrogens is 322 g/mol. The van der Waals surface area contributed by atoms with E-state index in [1.54, 1.807) is 12.1 Å². The van der Waals surface area contributed by atoms with Gasteiger partial charge in [-0.2, -0.15) is 0 Å². The predicted octanol–water partition coefficient (Wildman–Crippen LogP) is 3.81. The Morgan fingerprint density at radius 1 is 1.27 bits per heavy atom. The first kappa shape index (κ1) is 15.6. The Labute approximate surface area is 134 Å². The first-order valence-corrected chi connectivity index (χ1v) is 9.58. The lowest BCUT2D eigenvalue weighted by atomic mass is 9.76. The third-order valence-corrected chi connectivity index (χ3v) is 5.68. The molecule has 2 aromatic rings. The average Bonchev–Trinajstić information content (AvgIpc) is 2.71. The number of Topliss-reactive ketones (excluding diaryl/α,β-unsaturated/α-hetero) is 1. The number of benzene rings is 1. The highest BCUT2D eigenvalue weighted by Gasteiger charge is 2.34. The maximum absolute atomic E-state index is 12.5. The summed E-state index contributed by atoms with van der Waals surface area (Å²) in [5.41, 5.74) is 2.82. The molecule has 0 bridgehead atoms. The van der Waals surface area contributed by atoms with Gasteiger partial charge in [-0.3, -0.25) is 4.79 Å². The quantitative estimate of drug-likeness (QED) is 0.846. The number of aromatic nitrogens is 1. The Bertz CT molecular complexity index is 894. The minimum Gasteiger partial charge on any atom is -0.358 e. The van der Waals surface area contributed by atoms with E-state index in [-0.39, 0.29) is 16.1 Å². The lowest BCUT2D eigenvalue weighted by Gasteiger charge is -2.28. The van der Waals surface area contributed by atoms with Gasteiger partial charge in [0.15, 0.2) is 5.78 Å². The fourth-order valence-corrected chi connectivity index (χ4v) is 4.55. The Morgan fingerprint density at radius 2 is 1.95 bits per heavy atom. The minimum absolute atomic E-state index is 0.0834. The molecule has 0 radical (unpaired) electrons. The van der Waals surface area contributed by atoms with Gasteiger partial charge in [0, 0.05) is 39.3 Å². The standard InChI is InChI=1S/C16H18ClNO3S/c1-4-9-5-10-11(6-14(9)22(17,20)21)18-12-7-16(2,3)8-13(19)15(10)12/h5-6,18H,4,7-8H2,1-3H3. The van der Waals surface area contributed by atoms with Crippen molar-refractivity contribution >= 4 is 36.4 Å². The highest BCUT2D eigenvalue weighted by Crippen LogP contribution is 2.39. The predicted molar refractivity (Wildman–Crippen MR) is 87.1 cm³/mol. The molecule has 1 aliphatic carbocycles. The van der Waals surface area contributed by atoms with E-state index >= 15 is 0 Å². The molecule has 1 N–H and O–H groups in total. The Kier molecular flexibility index (Phi) is 3.42. The van der Waals surface area contributed by atoms with Crippen LogP contribution in [0.15, 0.2) is 17.0 Å². The molecule has 118 valence electrons. The van der Waals surface area contributed by atoms with Crippen molar-refractivity contribution in [2.24, 2.45) is 5.41 Å². The van der Waals surface area contributed by atoms with Crippen molar-refractivity contribution in [3.05, 3.63) is 29.0 Å². The van der Waals surface area contributed by atoms with Gasteiger partial charge in [0.2, 0.25) is 0 Å². The van der Waals surface area contributed by atoms with Gasteiger partial charge in [0.1, 0.15) is 0 Å². The molecule has 0 spiro atoms. The van der Waals surface area contributed by atoms with Gasteiger partial charge in [-0.1, -0.05) is 20.8 Å². The fourth-order valence-electron chi connectivity index (χ4n) is 3.34. The van der Waals surface area contributed by atoms with E-state index in [1.165, 1.54) is 0 Å². The summed E-state index contributed by atoms with van der Waals surface area (Å²) in [6.07, 6.45) is 1.81. The van der Waals surface area contributed by atoms with E-state index in [1.807, 2.05) is 6.92 Å². The fraction of sp³-hybridized carbons (Fsp3) is 0.438. The van der Waals surface area contributed by atoms with Crippen LogP contribution in [0, 0.1) is 5.41 Å². The van der Waals surface area contributed by atoms with E-state index in [9.17, 15) is 13.2 Å². The van der Waals surface area contributed by atoms with E-state index in [0.29, 0.717) is 29.5 Å². The normalized spacial score (nSPS) is 17.7. The molecule has 0 amide bonds. The topological polar surface area (TPSA) is 67.0 Å². The van der Waals surface area contributed by atoms with Crippen molar-refractivity contribution in [3.63, 3.8) is 0 Å². The first-order chi connectivity index (χ1) is 10.1. The van der Waals surface area contributed by atoms with E-state index < -0.39 is 9.05 Å². The minimum atomic E-state index is -3.81. The van der Waals surface area contributed by atoms with Crippen LogP contribution >= 0.6 is 10.7 Å². The van der Waals surface area contributed by atoms with Crippen LogP contribution in [-0.4, -0.2) is 19.2 Å². The van der Waals surface area contributed by atoms with Crippen LogP contribution in [0.25, 0.3) is 10.9 Å². The van der Waals surface area contributed by atoms with Gasteiger partial charge in [-0.15, -0.1) is 0 Å². The number of ketones is 1. The molecule has 0 saturated carbocycles. The third-order valence-electron chi connectivity index (χ3n) is 4.27. The monoisotopic (exact) mass is 339 g/mol. The second kappa shape index (κ2) is 4.83. The number of carbonyl (C=O) groups excluding carboxylic acids is 1. The number of aryl methyl sites for hydroxylation is 1. The van der Waals surface area contributed by atoms with Gasteiger partial charge in [0.25, 0.3) is 9.05 Å². The maximum atomic E-state index is 12.5. The van der Waals surface area contributed by atoms with Crippen LogP contribution in [0.2, 0.25) is 0 Å². The zero-order valence-corrected chi connectivity index (χ0v) is 14.4. The zero-order valence-electron chi connectivity index (χ0n) is 12.8. The number of fused-ring (bicyclic) bond motifs is 3. The highest BCUT2D eigenvalue weighted by atomic mass is 35.7. The lowest BCUT2D eigenvalue weighted by molar-refractivity contribution is 0.0913. The summed E-state index contributed by atoms with van der Waals surface area (Å²) in [4.78, 5) is 15.8. The number of halogens is 1. The molecule has 1 aliphatic rings. The summed E-state index contributed by atoms with van der Waals surface area (Å²) in [5, 5.41) is 0.802. The summed E-state index contributed by atoms with van der Waals surface area (Å²) in [5.74, 6) is 0.112. The van der Waals surface area contributed by atoms with Gasteiger partial charge in [-0.05, 0) is 36.0 Å². The number of H-pyrrole nitrogens is 1. The lowest BCUT2D eigenvalue weighted by Crippen LogP contribution is -2.26. The Balaban J connectivity index is 2.32. The number of hydrogen-bond donors (Lipinski definition) is 1. The Hall–Kier alpha value is -1.33. The number of nitrogens with one attached hydrogen (secondary N) is 1. The van der Waals surface area contributed by atoms with Crippen LogP contribution in [0.3, 0.4) is 0 Å². The van der Waals surface area contributed by atoms with Crippen molar-refractivity contribution in [3.8, 4) is 0 Å². The van der Waals surface area contributed by atoms with Crippen LogP contribution < -0.4 is 0 Å². The Morgan fingerprint density at radius 3 is 2.55 bits per heavy atom. The molecule has 22 heavy (non-hydrogen) atoms. The number of rotatable bonds is 2. The molecule has 1 aromatic heterocycles. The molecule has 1 aromatic carbocycles. The summed E-state index contributed by atoms with van der Waals surface area (Å²) < 4.78 is 23.5. The van der Waals surface area contributed by atoms with Crippen molar-refractivity contribution in [1.29, 1.82) is 0 Å². The first-order valence-electron chi connectivity index (χ1n) is 7.28. The van der Waals surface area contributed by atoms with Crippen LogP contribution in [-0.2, 0) is 21.9 Å². The van der Waals surface area contributed by atoms with Gasteiger partial charge >= 0.3 is 0 Å². The van der Waals surface area contributed by atoms with Crippen LogP contribution in [0.5, 0.6) is 0 Å². The van der Waals surface area contributed by atoms with E-state index in [0.717, 1.165) is 17.5 Å². The average molecular weight is 340 g/mol. The summed E-state index contributed by atoms with van der Waals surface area (Å²) in [6.45, 7) is 5.99. The SMILES string of the molecule is CCc1cc2c3c([nH]c2cc1S(=O)(=O)Cl)CC(C)(C)CC3=O. The number of hydrogen-bond acceptors (Lipinski definition) is 3. The smallest absolute Gasteiger partial charge is 0.261 e. The van der Waals surface area contributed by atoms with Crippen LogP contribution in [0.1, 0.15) is 48.8 Å². The molecule has 0 saturated heterocycles. The van der Waals surface area contributed by atoms with Crippen molar-refractivity contribution in [1.82, 2.24) is 4.98 Å². The van der Waals surface area contributed by atoms with Crippen LogP contribution in [0.4, 0.5) is 0 Å². The largest absolute Gasteiger partial charge is 0.358 e. The number of aromatic amines is 1. The van der Waals surface area contributed by atoms with Gasteiger partial charge in [-0.25, -0.2) is 8.42 Å². The van der Waals surface area contributed by atoms with Gasteiger partial charge in [0.05, 0.1) is 4.90 Å². The molecule has 3 rings (SSSR count). The van der Waals surface area contributed by atoms with E-state index in [2.05, 4.69) is 18.8 Å². The highest BCUT2D eigenvalue weighted by molar-refractivity contribution is 8.13. The molecule has 0 fully saturated rings. The van der Waals surface area contributed by atoms with Crippen molar-refractivity contribution in [2.75, 3.05) is 0 Å². The molecule has 0 aliphatic heterocycles.